The third kappa shape index (κ3) is 8.92. The standard InChI is InChI=1S/C26H36N2O6S/c1-25(2,3)34-24(29)28-20-26(30,15-23(28)18-33-35(4,31)32)19-27(16-21-11-7-5-8-12-21)17-22-13-9-6-10-14-22/h5-14,23,30H,15-20H2,1-4H3/t23-,26?/m0/s1. The number of amides is 1. The molecule has 1 heterocycles. The van der Waals surface area contributed by atoms with Crippen molar-refractivity contribution in [2.75, 3.05) is 26.0 Å². The zero-order valence-corrected chi connectivity index (χ0v) is 21.7. The van der Waals surface area contributed by atoms with Crippen molar-refractivity contribution < 1.29 is 27.2 Å². The van der Waals surface area contributed by atoms with E-state index in [-0.39, 0.29) is 26.1 Å². The van der Waals surface area contributed by atoms with Gasteiger partial charge in [-0.05, 0) is 31.9 Å². The minimum atomic E-state index is -3.71. The summed E-state index contributed by atoms with van der Waals surface area (Å²) in [6.07, 6.45) is 0.531. The van der Waals surface area contributed by atoms with Gasteiger partial charge in [0.25, 0.3) is 10.1 Å². The van der Waals surface area contributed by atoms with E-state index in [1.54, 1.807) is 20.8 Å². The molecule has 0 aliphatic carbocycles. The van der Waals surface area contributed by atoms with E-state index in [0.29, 0.717) is 13.1 Å². The van der Waals surface area contributed by atoms with E-state index in [4.69, 9.17) is 8.92 Å². The number of carbonyl (C=O) groups is 1. The first-order valence-corrected chi connectivity index (χ1v) is 13.5. The number of carbonyl (C=O) groups excluding carboxylic acids is 1. The van der Waals surface area contributed by atoms with Crippen molar-refractivity contribution in [3.8, 4) is 0 Å². The first-order chi connectivity index (χ1) is 16.3. The maximum Gasteiger partial charge on any atom is 0.410 e. The minimum Gasteiger partial charge on any atom is -0.444 e. The quantitative estimate of drug-likeness (QED) is 0.523. The molecule has 0 aromatic heterocycles. The topological polar surface area (TPSA) is 96.4 Å². The van der Waals surface area contributed by atoms with Crippen LogP contribution in [0.4, 0.5) is 4.79 Å². The lowest BCUT2D eigenvalue weighted by Crippen LogP contribution is -2.46. The first-order valence-electron chi connectivity index (χ1n) is 11.7. The summed E-state index contributed by atoms with van der Waals surface area (Å²) in [5.74, 6) is 0. The van der Waals surface area contributed by atoms with Gasteiger partial charge < -0.3 is 9.84 Å². The maximum absolute atomic E-state index is 12.9. The molecule has 1 amide bonds. The summed E-state index contributed by atoms with van der Waals surface area (Å²) in [6.45, 7) is 6.55. The molecule has 1 fully saturated rings. The fourth-order valence-corrected chi connectivity index (χ4v) is 4.73. The van der Waals surface area contributed by atoms with Crippen LogP contribution in [0.25, 0.3) is 0 Å². The van der Waals surface area contributed by atoms with E-state index < -0.39 is 33.5 Å². The Hall–Kier alpha value is -2.46. The van der Waals surface area contributed by atoms with Crippen LogP contribution in [0, 0.1) is 0 Å². The number of benzene rings is 2. The fraction of sp³-hybridized carbons (Fsp3) is 0.500. The Morgan fingerprint density at radius 2 is 1.57 bits per heavy atom. The molecular formula is C26H36N2O6S. The van der Waals surface area contributed by atoms with E-state index in [0.717, 1.165) is 17.4 Å². The van der Waals surface area contributed by atoms with E-state index in [1.807, 2.05) is 60.7 Å². The van der Waals surface area contributed by atoms with Crippen LogP contribution in [0.3, 0.4) is 0 Å². The average molecular weight is 505 g/mol. The molecule has 9 heteroatoms. The highest BCUT2D eigenvalue weighted by Gasteiger charge is 2.47. The molecule has 0 radical (unpaired) electrons. The molecule has 3 rings (SSSR count). The molecule has 8 nitrogen and oxygen atoms in total. The van der Waals surface area contributed by atoms with Crippen LogP contribution in [0.2, 0.25) is 0 Å². The van der Waals surface area contributed by atoms with E-state index >= 15 is 0 Å². The summed E-state index contributed by atoms with van der Waals surface area (Å²) in [5, 5.41) is 11.6. The van der Waals surface area contributed by atoms with Crippen molar-refractivity contribution in [1.82, 2.24) is 9.80 Å². The zero-order chi connectivity index (χ0) is 25.7. The molecule has 1 aliphatic heterocycles. The molecule has 0 bridgehead atoms. The number of ether oxygens (including phenoxy) is 1. The normalized spacial score (nSPS) is 20.9. The summed E-state index contributed by atoms with van der Waals surface area (Å²) in [4.78, 5) is 16.5. The highest BCUT2D eigenvalue weighted by Crippen LogP contribution is 2.31. The number of β-amino-alcohol motifs (C(OH)–C–C–N with tert-alkyl or cyclic N) is 1. The van der Waals surface area contributed by atoms with Gasteiger partial charge in [0, 0.05) is 26.1 Å². The van der Waals surface area contributed by atoms with Gasteiger partial charge >= 0.3 is 6.09 Å². The maximum atomic E-state index is 12.9. The second-order valence-electron chi connectivity index (χ2n) is 10.3. The molecule has 1 aliphatic rings. The Morgan fingerprint density at radius 1 is 1.06 bits per heavy atom. The molecule has 192 valence electrons. The smallest absolute Gasteiger partial charge is 0.410 e. The van der Waals surface area contributed by atoms with Crippen LogP contribution in [0.5, 0.6) is 0 Å². The Kier molecular flexibility index (Phi) is 8.58. The van der Waals surface area contributed by atoms with Gasteiger partial charge in [-0.3, -0.25) is 14.0 Å². The summed E-state index contributed by atoms with van der Waals surface area (Å²) >= 11 is 0. The van der Waals surface area contributed by atoms with Crippen LogP contribution in [0.1, 0.15) is 38.3 Å². The third-order valence-electron chi connectivity index (χ3n) is 5.64. The molecule has 1 saturated heterocycles. The number of likely N-dealkylation sites (tertiary alicyclic amines) is 1. The lowest BCUT2D eigenvalue weighted by Gasteiger charge is -2.32. The van der Waals surface area contributed by atoms with Gasteiger partial charge in [0.15, 0.2) is 0 Å². The van der Waals surface area contributed by atoms with Gasteiger partial charge in [0.05, 0.1) is 31.1 Å². The largest absolute Gasteiger partial charge is 0.444 e. The highest BCUT2D eigenvalue weighted by atomic mass is 32.2. The number of hydrogen-bond donors (Lipinski definition) is 1. The van der Waals surface area contributed by atoms with Crippen molar-refractivity contribution >= 4 is 16.2 Å². The Labute approximate surface area is 208 Å². The second-order valence-corrected chi connectivity index (χ2v) is 11.9. The van der Waals surface area contributed by atoms with Gasteiger partial charge in [0.2, 0.25) is 0 Å². The SMILES string of the molecule is CC(C)(C)OC(=O)N1CC(O)(CN(Cc2ccccc2)Cc2ccccc2)C[C@H]1COS(C)(=O)=O. The summed E-state index contributed by atoms with van der Waals surface area (Å²) in [6, 6.07) is 19.3. The summed E-state index contributed by atoms with van der Waals surface area (Å²) in [7, 11) is -3.71. The molecule has 1 unspecified atom stereocenters. The van der Waals surface area contributed by atoms with Crippen LogP contribution < -0.4 is 0 Å². The molecule has 1 N–H and O–H groups in total. The molecule has 0 saturated carbocycles. The van der Waals surface area contributed by atoms with E-state index in [2.05, 4.69) is 4.90 Å². The number of hydrogen-bond acceptors (Lipinski definition) is 7. The summed E-state index contributed by atoms with van der Waals surface area (Å²) < 4.78 is 33.8. The van der Waals surface area contributed by atoms with Gasteiger partial charge in [-0.1, -0.05) is 60.7 Å². The number of nitrogens with zero attached hydrogens (tertiary/aromatic N) is 2. The van der Waals surface area contributed by atoms with Crippen molar-refractivity contribution in [2.24, 2.45) is 0 Å². The van der Waals surface area contributed by atoms with E-state index in [9.17, 15) is 18.3 Å². The predicted octanol–water partition coefficient (Wildman–Crippen LogP) is 3.41. The molecular weight excluding hydrogens is 468 g/mol. The van der Waals surface area contributed by atoms with Crippen LogP contribution in [-0.4, -0.2) is 72.6 Å². The minimum absolute atomic E-state index is 0.0137. The number of aliphatic hydroxyl groups is 1. The predicted molar refractivity (Wildman–Crippen MR) is 134 cm³/mol. The Morgan fingerprint density at radius 3 is 2.03 bits per heavy atom. The fourth-order valence-electron chi connectivity index (χ4n) is 4.33. The molecule has 35 heavy (non-hydrogen) atoms. The molecule has 2 aromatic carbocycles. The van der Waals surface area contributed by atoms with Crippen molar-refractivity contribution in [1.29, 1.82) is 0 Å². The lowest BCUT2D eigenvalue weighted by molar-refractivity contribution is -0.00398. The van der Waals surface area contributed by atoms with Crippen LogP contribution in [-0.2, 0) is 32.1 Å². The third-order valence-corrected chi connectivity index (χ3v) is 6.20. The van der Waals surface area contributed by atoms with Crippen molar-refractivity contribution in [2.45, 2.75) is 57.5 Å². The van der Waals surface area contributed by atoms with Crippen molar-refractivity contribution in [3.05, 3.63) is 71.8 Å². The van der Waals surface area contributed by atoms with Gasteiger partial charge in [-0.2, -0.15) is 8.42 Å². The zero-order valence-electron chi connectivity index (χ0n) is 20.9. The van der Waals surface area contributed by atoms with E-state index in [1.165, 1.54) is 4.90 Å². The van der Waals surface area contributed by atoms with Crippen LogP contribution in [0.15, 0.2) is 60.7 Å². The molecule has 0 spiro atoms. The van der Waals surface area contributed by atoms with Crippen LogP contribution >= 0.6 is 0 Å². The average Bonchev–Trinajstić information content (AvgIpc) is 3.08. The Balaban J connectivity index is 1.81. The van der Waals surface area contributed by atoms with Crippen molar-refractivity contribution in [3.63, 3.8) is 0 Å². The lowest BCUT2D eigenvalue weighted by atomic mass is 9.99. The second kappa shape index (κ2) is 11.1. The highest BCUT2D eigenvalue weighted by molar-refractivity contribution is 7.85. The summed E-state index contributed by atoms with van der Waals surface area (Å²) in [5.41, 5.74) is 0.204. The van der Waals surface area contributed by atoms with Gasteiger partial charge in [0.1, 0.15) is 5.60 Å². The monoisotopic (exact) mass is 504 g/mol. The molecule has 2 atom stereocenters. The molecule has 2 aromatic rings. The Bertz CT molecular complexity index is 1030. The number of rotatable bonds is 9. The first kappa shape index (κ1) is 27.1. The van der Waals surface area contributed by atoms with Gasteiger partial charge in [-0.25, -0.2) is 4.79 Å². The van der Waals surface area contributed by atoms with Gasteiger partial charge in [-0.15, -0.1) is 0 Å².